The second-order valence-electron chi connectivity index (χ2n) is 7.06. The molecule has 0 amide bonds. The van der Waals surface area contributed by atoms with E-state index in [4.69, 9.17) is 9.05 Å². The van der Waals surface area contributed by atoms with Crippen LogP contribution < -0.4 is 4.89 Å². The molecular weight excluding hydrogens is 479 g/mol. The van der Waals surface area contributed by atoms with E-state index in [1.165, 1.54) is 64.2 Å². The van der Waals surface area contributed by atoms with Crippen molar-refractivity contribution in [2.75, 3.05) is 13.2 Å². The van der Waals surface area contributed by atoms with Gasteiger partial charge in [0.05, 0.1) is 13.2 Å². The Morgan fingerprint density at radius 3 is 1.15 bits per heavy atom. The maximum atomic E-state index is 11.6. The third kappa shape index (κ3) is 23.5. The first-order valence-electron chi connectivity index (χ1n) is 10.7. The van der Waals surface area contributed by atoms with E-state index in [2.05, 4.69) is 13.8 Å². The smallest absolute Gasteiger partial charge is 0.756 e. The summed E-state index contributed by atoms with van der Waals surface area (Å²) in [4.78, 5) is 11.6. The van der Waals surface area contributed by atoms with E-state index in [1.807, 2.05) is 0 Å². The molecule has 0 aromatic heterocycles. The third-order valence-corrected chi connectivity index (χ3v) is 5.49. The normalized spacial score (nSPS) is 11.5. The summed E-state index contributed by atoms with van der Waals surface area (Å²) in [6, 6.07) is 0. The van der Waals surface area contributed by atoms with Gasteiger partial charge in [0.25, 0.3) is 7.82 Å². The van der Waals surface area contributed by atoms with E-state index in [-0.39, 0.29) is 54.1 Å². The molecule has 0 spiro atoms. The van der Waals surface area contributed by atoms with Crippen molar-refractivity contribution in [3.05, 3.63) is 0 Å². The molecule has 4 nitrogen and oxygen atoms in total. The van der Waals surface area contributed by atoms with Crippen LogP contribution in [0.5, 0.6) is 0 Å². The molecular formula is C20H42NdO4P. The first kappa shape index (κ1) is 29.7. The van der Waals surface area contributed by atoms with Crippen LogP contribution in [-0.2, 0) is 13.6 Å². The van der Waals surface area contributed by atoms with Gasteiger partial charge in [-0.1, -0.05) is 104 Å². The number of unbranched alkanes of at least 4 members (excludes halogenated alkanes) is 14. The molecule has 155 valence electrons. The minimum atomic E-state index is -4.08. The summed E-state index contributed by atoms with van der Waals surface area (Å²) in [5.41, 5.74) is 0. The zero-order valence-corrected chi connectivity index (χ0v) is 21.4. The van der Waals surface area contributed by atoms with Gasteiger partial charge in [-0.25, -0.2) is 0 Å². The van der Waals surface area contributed by atoms with Crippen LogP contribution in [0.15, 0.2) is 0 Å². The van der Waals surface area contributed by atoms with Crippen molar-refractivity contribution < 1.29 is 59.3 Å². The average Bonchev–Trinajstić information content (AvgIpc) is 2.59. The van der Waals surface area contributed by atoms with Crippen LogP contribution in [0.25, 0.3) is 0 Å². The molecule has 0 bridgehead atoms. The maximum Gasteiger partial charge on any atom is 1.00 e. The van der Waals surface area contributed by atoms with Gasteiger partial charge in [0.2, 0.25) is 0 Å². The van der Waals surface area contributed by atoms with Crippen molar-refractivity contribution in [2.45, 2.75) is 117 Å². The van der Waals surface area contributed by atoms with Crippen LogP contribution >= 0.6 is 7.82 Å². The quantitative estimate of drug-likeness (QED) is 0.131. The Kier molecular flexibility index (Phi) is 25.9. The molecule has 6 heteroatoms. The Labute approximate surface area is 195 Å². The summed E-state index contributed by atoms with van der Waals surface area (Å²) < 4.78 is 21.5. The monoisotopic (exact) mass is 519 g/mol. The maximum absolute atomic E-state index is 11.6. The molecule has 0 N–H and O–H groups in total. The van der Waals surface area contributed by atoms with Gasteiger partial charge in [0.15, 0.2) is 0 Å². The molecule has 0 aliphatic heterocycles. The first-order chi connectivity index (χ1) is 12.1. The molecule has 0 fully saturated rings. The van der Waals surface area contributed by atoms with Gasteiger partial charge in [-0.2, -0.15) is 0 Å². The van der Waals surface area contributed by atoms with Gasteiger partial charge in [-0.15, -0.1) is 0 Å². The van der Waals surface area contributed by atoms with Crippen molar-refractivity contribution in [1.29, 1.82) is 0 Å². The Morgan fingerprint density at radius 1 is 0.577 bits per heavy atom. The summed E-state index contributed by atoms with van der Waals surface area (Å²) in [5, 5.41) is 0. The summed E-state index contributed by atoms with van der Waals surface area (Å²) >= 11 is 0. The van der Waals surface area contributed by atoms with Gasteiger partial charge in [0, 0.05) is 0 Å². The van der Waals surface area contributed by atoms with E-state index in [0.29, 0.717) is 0 Å². The molecule has 0 unspecified atom stereocenters. The SMILES string of the molecule is CCCCCCCCCCOP(=O)([O-])OCCCCCCCCCC.[Nd+]. The van der Waals surface area contributed by atoms with E-state index in [1.54, 1.807) is 0 Å². The molecule has 0 aromatic carbocycles. The summed E-state index contributed by atoms with van der Waals surface area (Å²) in [5.74, 6) is 0. The van der Waals surface area contributed by atoms with E-state index in [0.717, 1.165) is 38.5 Å². The largest absolute Gasteiger partial charge is 1.00 e. The zero-order valence-electron chi connectivity index (χ0n) is 17.3. The van der Waals surface area contributed by atoms with Gasteiger partial charge >= 0.3 is 40.8 Å². The average molecular weight is 522 g/mol. The molecule has 0 aliphatic carbocycles. The molecule has 0 saturated heterocycles. The zero-order chi connectivity index (χ0) is 18.6. The van der Waals surface area contributed by atoms with Crippen molar-refractivity contribution in [3.8, 4) is 0 Å². The number of hydrogen-bond donors (Lipinski definition) is 0. The molecule has 0 aromatic rings. The molecule has 0 rings (SSSR count). The van der Waals surface area contributed by atoms with Crippen LogP contribution in [-0.4, -0.2) is 13.2 Å². The molecule has 0 heterocycles. The number of phosphoric acid groups is 1. The second-order valence-corrected chi connectivity index (χ2v) is 8.47. The Morgan fingerprint density at radius 2 is 0.846 bits per heavy atom. The Bertz CT molecular complexity index is 290. The van der Waals surface area contributed by atoms with Crippen LogP contribution in [0.4, 0.5) is 0 Å². The van der Waals surface area contributed by atoms with Crippen molar-refractivity contribution in [3.63, 3.8) is 0 Å². The van der Waals surface area contributed by atoms with E-state index in [9.17, 15) is 9.46 Å². The number of hydrogen-bond acceptors (Lipinski definition) is 4. The van der Waals surface area contributed by atoms with Crippen molar-refractivity contribution in [1.82, 2.24) is 0 Å². The fourth-order valence-corrected chi connectivity index (χ4v) is 3.64. The number of rotatable bonds is 20. The minimum absolute atomic E-state index is 0. The molecule has 1 radical (unpaired) electrons. The summed E-state index contributed by atoms with van der Waals surface area (Å²) in [6.07, 6.45) is 18.8. The van der Waals surface area contributed by atoms with Gasteiger partial charge in [-0.05, 0) is 12.8 Å². The van der Waals surface area contributed by atoms with Gasteiger partial charge in [-0.3, -0.25) is 4.57 Å². The third-order valence-electron chi connectivity index (χ3n) is 4.49. The fourth-order valence-electron chi connectivity index (χ4n) is 2.86. The Hall–Kier alpha value is 1.46. The second kappa shape index (κ2) is 22.7. The number of phosphoric ester groups is 1. The fraction of sp³-hybridized carbons (Fsp3) is 1.00. The predicted octanol–water partition coefficient (Wildman–Crippen LogP) is 6.77. The van der Waals surface area contributed by atoms with Crippen LogP contribution in [0.3, 0.4) is 0 Å². The molecule has 0 aliphatic rings. The van der Waals surface area contributed by atoms with Crippen LogP contribution in [0.2, 0.25) is 0 Å². The van der Waals surface area contributed by atoms with Crippen LogP contribution in [0.1, 0.15) is 117 Å². The summed E-state index contributed by atoms with van der Waals surface area (Å²) in [7, 11) is -4.08. The molecule has 0 saturated carbocycles. The molecule has 0 atom stereocenters. The van der Waals surface area contributed by atoms with E-state index >= 15 is 0 Å². The van der Waals surface area contributed by atoms with Gasteiger partial charge in [0.1, 0.15) is 0 Å². The molecule has 26 heavy (non-hydrogen) atoms. The minimum Gasteiger partial charge on any atom is -0.756 e. The Balaban J connectivity index is 0. The predicted molar refractivity (Wildman–Crippen MR) is 105 cm³/mol. The van der Waals surface area contributed by atoms with Crippen molar-refractivity contribution in [2.24, 2.45) is 0 Å². The summed E-state index contributed by atoms with van der Waals surface area (Å²) in [6.45, 7) is 4.95. The first-order valence-corrected chi connectivity index (χ1v) is 12.2. The topological polar surface area (TPSA) is 58.6 Å². The van der Waals surface area contributed by atoms with Crippen molar-refractivity contribution >= 4 is 7.82 Å². The standard InChI is InChI=1S/C20H43O4P.Nd/c1-3-5-7-9-11-13-15-17-19-23-25(21,22)24-20-18-16-14-12-10-8-6-4-2;/h3-20H2,1-2H3,(H,21,22);/q;+1/p-1. The van der Waals surface area contributed by atoms with Gasteiger partial charge < -0.3 is 13.9 Å². The van der Waals surface area contributed by atoms with Crippen LogP contribution in [0, 0.1) is 40.8 Å². The van der Waals surface area contributed by atoms with E-state index < -0.39 is 7.82 Å².